The lowest BCUT2D eigenvalue weighted by Crippen LogP contribution is -1.97. The van der Waals surface area contributed by atoms with Gasteiger partial charge in [0.2, 0.25) is 0 Å². The predicted octanol–water partition coefficient (Wildman–Crippen LogP) is 1.85. The van der Waals surface area contributed by atoms with Gasteiger partial charge in [0.15, 0.2) is 9.84 Å². The second-order valence-corrected chi connectivity index (χ2v) is 5.04. The monoisotopic (exact) mass is 234 g/mol. The topological polar surface area (TPSA) is 34.1 Å². The predicted molar refractivity (Wildman–Crippen MR) is 47.3 cm³/mol. The molecule has 0 aliphatic carbocycles. The van der Waals surface area contributed by atoms with Gasteiger partial charge in [0.25, 0.3) is 0 Å². The quantitative estimate of drug-likeness (QED) is 0.744. The van der Waals surface area contributed by atoms with Crippen molar-refractivity contribution in [2.24, 2.45) is 0 Å². The molecule has 0 aromatic heterocycles. The third kappa shape index (κ3) is 2.04. The van der Waals surface area contributed by atoms with Crippen molar-refractivity contribution in [3.05, 3.63) is 28.7 Å². The van der Waals surface area contributed by atoms with Crippen LogP contribution >= 0.6 is 15.9 Å². The maximum absolute atomic E-state index is 11.0. The van der Waals surface area contributed by atoms with Gasteiger partial charge in [-0.2, -0.15) is 0 Å². The molecule has 0 heterocycles. The van der Waals surface area contributed by atoms with Crippen LogP contribution in [0.4, 0.5) is 0 Å². The molecule has 0 radical (unpaired) electrons. The summed E-state index contributed by atoms with van der Waals surface area (Å²) in [6, 6.07) is 6.75. The van der Waals surface area contributed by atoms with E-state index in [1.54, 1.807) is 24.3 Å². The fourth-order valence-corrected chi connectivity index (χ4v) is 2.66. The number of sulfone groups is 1. The zero-order valence-electron chi connectivity index (χ0n) is 5.91. The summed E-state index contributed by atoms with van der Waals surface area (Å²) in [6.07, 6.45) is 1.19. The molecule has 1 aromatic rings. The molecule has 0 aliphatic heterocycles. The molecule has 4 heteroatoms. The minimum absolute atomic E-state index is 0.333. The van der Waals surface area contributed by atoms with Crippen LogP contribution in [0, 0.1) is 0 Å². The van der Waals surface area contributed by atoms with E-state index in [0.717, 1.165) is 0 Å². The number of hydrogen-bond donors (Lipinski definition) is 0. The zero-order valence-corrected chi connectivity index (χ0v) is 8.31. The van der Waals surface area contributed by atoms with E-state index >= 15 is 0 Å². The van der Waals surface area contributed by atoms with Crippen molar-refractivity contribution in [2.45, 2.75) is 4.90 Å². The van der Waals surface area contributed by atoms with Gasteiger partial charge in [-0.3, -0.25) is 0 Å². The lowest BCUT2D eigenvalue weighted by molar-refractivity contribution is 0.601. The molecule has 0 spiro atoms. The van der Waals surface area contributed by atoms with Gasteiger partial charge in [-0.1, -0.05) is 12.1 Å². The van der Waals surface area contributed by atoms with Crippen molar-refractivity contribution in [2.75, 3.05) is 6.26 Å². The lowest BCUT2D eigenvalue weighted by atomic mass is 10.4. The Morgan fingerprint density at radius 2 is 1.82 bits per heavy atom. The summed E-state index contributed by atoms with van der Waals surface area (Å²) in [6.45, 7) is 0. The largest absolute Gasteiger partial charge is 0.224 e. The summed E-state index contributed by atoms with van der Waals surface area (Å²) in [5.74, 6) is 0. The molecule has 0 saturated heterocycles. The van der Waals surface area contributed by atoms with Crippen molar-refractivity contribution in [3.8, 4) is 0 Å². The third-order valence-corrected chi connectivity index (χ3v) is 3.35. The standard InChI is InChI=1S/C7H7BrO2S/c1-11(9,10)7-5-3-2-4-6(7)8/h2-5H,1H3. The van der Waals surface area contributed by atoms with Crippen molar-refractivity contribution >= 4 is 25.8 Å². The highest BCUT2D eigenvalue weighted by Gasteiger charge is 2.09. The maximum atomic E-state index is 11.0. The molecule has 0 fully saturated rings. The smallest absolute Gasteiger partial charge is 0.176 e. The normalized spacial score (nSPS) is 11.5. The molecule has 1 aromatic carbocycles. The Labute approximate surface area is 74.3 Å². The van der Waals surface area contributed by atoms with Crippen LogP contribution in [0.5, 0.6) is 0 Å². The summed E-state index contributed by atoms with van der Waals surface area (Å²) in [5, 5.41) is 0. The van der Waals surface area contributed by atoms with Crippen LogP contribution in [0.2, 0.25) is 0 Å². The number of hydrogen-bond acceptors (Lipinski definition) is 2. The third-order valence-electron chi connectivity index (χ3n) is 1.24. The summed E-state index contributed by atoms with van der Waals surface area (Å²) in [7, 11) is -3.08. The fourth-order valence-electron chi connectivity index (χ4n) is 0.745. The Bertz CT molecular complexity index is 356. The van der Waals surface area contributed by atoms with Crippen molar-refractivity contribution in [1.82, 2.24) is 0 Å². The second-order valence-electron chi connectivity index (χ2n) is 2.20. The van der Waals surface area contributed by atoms with Crippen LogP contribution in [-0.2, 0) is 9.84 Å². The molecule has 0 unspecified atom stereocenters. The molecule has 0 amide bonds. The van der Waals surface area contributed by atoms with E-state index in [0.29, 0.717) is 9.37 Å². The van der Waals surface area contributed by atoms with Gasteiger partial charge in [-0.05, 0) is 28.1 Å². The molecule has 2 nitrogen and oxygen atoms in total. The van der Waals surface area contributed by atoms with Gasteiger partial charge in [-0.15, -0.1) is 0 Å². The average Bonchev–Trinajstić information content (AvgIpc) is 1.86. The molecule has 0 atom stereocenters. The molecule has 11 heavy (non-hydrogen) atoms. The van der Waals surface area contributed by atoms with E-state index in [4.69, 9.17) is 0 Å². The molecular weight excluding hydrogens is 228 g/mol. The van der Waals surface area contributed by atoms with Crippen LogP contribution < -0.4 is 0 Å². The van der Waals surface area contributed by atoms with Crippen LogP contribution in [0.3, 0.4) is 0 Å². The first-order chi connectivity index (χ1) is 5.02. The number of halogens is 1. The summed E-state index contributed by atoms with van der Waals surface area (Å²) < 4.78 is 22.7. The van der Waals surface area contributed by atoms with Crippen molar-refractivity contribution < 1.29 is 8.42 Å². The average molecular weight is 235 g/mol. The highest BCUT2D eigenvalue weighted by atomic mass is 79.9. The van der Waals surface area contributed by atoms with Crippen LogP contribution in [0.1, 0.15) is 0 Å². The summed E-state index contributed by atoms with van der Waals surface area (Å²) in [5.41, 5.74) is 0. The molecule has 0 aliphatic rings. The first kappa shape index (κ1) is 8.74. The van der Waals surface area contributed by atoms with E-state index in [9.17, 15) is 8.42 Å². The number of benzene rings is 1. The van der Waals surface area contributed by atoms with Gasteiger partial charge in [0.05, 0.1) is 4.90 Å². The molecule has 0 saturated carbocycles. The maximum Gasteiger partial charge on any atom is 0.176 e. The van der Waals surface area contributed by atoms with Crippen molar-refractivity contribution in [3.63, 3.8) is 0 Å². The minimum Gasteiger partial charge on any atom is -0.224 e. The first-order valence-corrected chi connectivity index (χ1v) is 5.65. The van der Waals surface area contributed by atoms with Crippen LogP contribution in [0.25, 0.3) is 0 Å². The van der Waals surface area contributed by atoms with Gasteiger partial charge >= 0.3 is 0 Å². The van der Waals surface area contributed by atoms with E-state index in [2.05, 4.69) is 15.9 Å². The zero-order chi connectivity index (χ0) is 8.48. The van der Waals surface area contributed by atoms with Gasteiger partial charge in [-0.25, -0.2) is 8.42 Å². The molecule has 0 N–H and O–H groups in total. The summed E-state index contributed by atoms with van der Waals surface area (Å²) in [4.78, 5) is 0.333. The van der Waals surface area contributed by atoms with Crippen LogP contribution in [0.15, 0.2) is 33.6 Å². The lowest BCUT2D eigenvalue weighted by Gasteiger charge is -1.98. The van der Waals surface area contributed by atoms with Crippen molar-refractivity contribution in [1.29, 1.82) is 0 Å². The van der Waals surface area contributed by atoms with Gasteiger partial charge < -0.3 is 0 Å². The molecule has 1 rings (SSSR count). The highest BCUT2D eigenvalue weighted by Crippen LogP contribution is 2.20. The van der Waals surface area contributed by atoms with E-state index in [1.165, 1.54) is 6.26 Å². The minimum atomic E-state index is -3.08. The Morgan fingerprint density at radius 3 is 2.18 bits per heavy atom. The Kier molecular flexibility index (Phi) is 2.34. The molecule has 0 bridgehead atoms. The number of rotatable bonds is 1. The first-order valence-electron chi connectivity index (χ1n) is 2.96. The second kappa shape index (κ2) is 2.95. The Balaban J connectivity index is 3.37. The van der Waals surface area contributed by atoms with E-state index < -0.39 is 9.84 Å². The van der Waals surface area contributed by atoms with Crippen LogP contribution in [-0.4, -0.2) is 14.7 Å². The molecular formula is C7H7BrO2S. The highest BCUT2D eigenvalue weighted by molar-refractivity contribution is 9.10. The van der Waals surface area contributed by atoms with Gasteiger partial charge in [0.1, 0.15) is 0 Å². The molecule has 60 valence electrons. The SMILES string of the molecule is CS(=O)(=O)c1ccccc1Br. The van der Waals surface area contributed by atoms with E-state index in [1.807, 2.05) is 0 Å². The Morgan fingerprint density at radius 1 is 1.27 bits per heavy atom. The van der Waals surface area contributed by atoms with E-state index in [-0.39, 0.29) is 0 Å². The fraction of sp³-hybridized carbons (Fsp3) is 0.143. The van der Waals surface area contributed by atoms with Gasteiger partial charge in [0, 0.05) is 10.7 Å². The Hall–Kier alpha value is -0.350. The summed E-state index contributed by atoms with van der Waals surface area (Å²) >= 11 is 3.15.